The molecular formula is C14H23NO2. The smallest absolute Gasteiger partial charge is 0.119 e. The van der Waals surface area contributed by atoms with Crippen molar-refractivity contribution in [2.45, 2.75) is 26.2 Å². The first-order chi connectivity index (χ1) is 8.33. The van der Waals surface area contributed by atoms with E-state index in [1.165, 1.54) is 5.56 Å². The van der Waals surface area contributed by atoms with Gasteiger partial charge >= 0.3 is 0 Å². The van der Waals surface area contributed by atoms with Gasteiger partial charge in [-0.2, -0.15) is 0 Å². The van der Waals surface area contributed by atoms with Gasteiger partial charge in [0, 0.05) is 13.2 Å². The minimum absolute atomic E-state index is 0.705. The predicted octanol–water partition coefficient (Wildman–Crippen LogP) is 2.52. The number of hydrogen-bond donors (Lipinski definition) is 1. The topological polar surface area (TPSA) is 44.5 Å². The summed E-state index contributed by atoms with van der Waals surface area (Å²) in [5.74, 6) is 0.944. The maximum absolute atomic E-state index is 5.61. The van der Waals surface area contributed by atoms with Gasteiger partial charge in [0.05, 0.1) is 6.61 Å². The lowest BCUT2D eigenvalue weighted by Crippen LogP contribution is -2.06. The highest BCUT2D eigenvalue weighted by atomic mass is 16.5. The van der Waals surface area contributed by atoms with E-state index >= 15 is 0 Å². The van der Waals surface area contributed by atoms with Gasteiger partial charge in [0.15, 0.2) is 0 Å². The predicted molar refractivity (Wildman–Crippen MR) is 70.4 cm³/mol. The molecule has 0 heterocycles. The quantitative estimate of drug-likeness (QED) is 0.671. The lowest BCUT2D eigenvalue weighted by atomic mass is 10.2. The van der Waals surface area contributed by atoms with Crippen LogP contribution in [0, 0.1) is 6.92 Å². The van der Waals surface area contributed by atoms with Gasteiger partial charge in [0.2, 0.25) is 0 Å². The van der Waals surface area contributed by atoms with Crippen LogP contribution in [-0.4, -0.2) is 26.4 Å². The average molecular weight is 237 g/mol. The molecule has 1 rings (SSSR count). The van der Waals surface area contributed by atoms with Gasteiger partial charge in [-0.25, -0.2) is 0 Å². The number of ether oxygens (including phenoxy) is 2. The van der Waals surface area contributed by atoms with E-state index in [2.05, 4.69) is 19.1 Å². The number of aryl methyl sites for hydroxylation is 1. The lowest BCUT2D eigenvalue weighted by molar-refractivity contribution is 0.125. The second-order valence-corrected chi connectivity index (χ2v) is 4.12. The number of benzene rings is 1. The normalized spacial score (nSPS) is 10.5. The highest BCUT2D eigenvalue weighted by Gasteiger charge is 1.94. The molecule has 1 aromatic carbocycles. The Morgan fingerprint density at radius 2 is 1.59 bits per heavy atom. The monoisotopic (exact) mass is 237 g/mol. The van der Waals surface area contributed by atoms with Gasteiger partial charge < -0.3 is 15.2 Å². The van der Waals surface area contributed by atoms with Crippen LogP contribution >= 0.6 is 0 Å². The Morgan fingerprint density at radius 1 is 0.941 bits per heavy atom. The summed E-state index contributed by atoms with van der Waals surface area (Å²) in [6, 6.07) is 8.14. The largest absolute Gasteiger partial charge is 0.494 e. The first kappa shape index (κ1) is 14.0. The molecule has 0 aliphatic heterocycles. The van der Waals surface area contributed by atoms with Gasteiger partial charge in [-0.1, -0.05) is 17.7 Å². The molecule has 96 valence electrons. The molecule has 0 atom stereocenters. The maximum Gasteiger partial charge on any atom is 0.119 e. The van der Waals surface area contributed by atoms with Crippen molar-refractivity contribution in [1.82, 2.24) is 0 Å². The van der Waals surface area contributed by atoms with E-state index < -0.39 is 0 Å². The van der Waals surface area contributed by atoms with Crippen LogP contribution in [0.25, 0.3) is 0 Å². The fourth-order valence-electron chi connectivity index (χ4n) is 1.42. The molecule has 0 fully saturated rings. The summed E-state index contributed by atoms with van der Waals surface area (Å²) in [4.78, 5) is 0. The summed E-state index contributed by atoms with van der Waals surface area (Å²) >= 11 is 0. The Labute approximate surface area is 104 Å². The first-order valence-corrected chi connectivity index (χ1v) is 6.30. The molecule has 0 unspecified atom stereocenters. The number of hydrogen-bond acceptors (Lipinski definition) is 3. The SMILES string of the molecule is Cc1ccc(OCCCCOCCCN)cc1. The molecule has 0 amide bonds. The molecule has 0 aliphatic carbocycles. The molecule has 0 saturated carbocycles. The summed E-state index contributed by atoms with van der Waals surface area (Å²) in [5, 5.41) is 0. The van der Waals surface area contributed by atoms with Crippen molar-refractivity contribution in [3.8, 4) is 5.75 Å². The maximum atomic E-state index is 5.61. The minimum atomic E-state index is 0.705. The van der Waals surface area contributed by atoms with E-state index in [-0.39, 0.29) is 0 Å². The van der Waals surface area contributed by atoms with E-state index in [4.69, 9.17) is 15.2 Å². The van der Waals surface area contributed by atoms with Gasteiger partial charge in [-0.3, -0.25) is 0 Å². The molecule has 0 bridgehead atoms. The Balaban J connectivity index is 1.95. The van der Waals surface area contributed by atoms with Crippen LogP contribution < -0.4 is 10.5 Å². The zero-order chi connectivity index (χ0) is 12.3. The zero-order valence-electron chi connectivity index (χ0n) is 10.7. The van der Waals surface area contributed by atoms with Gasteiger partial charge in [0.1, 0.15) is 5.75 Å². The Bertz CT molecular complexity index is 285. The Kier molecular flexibility index (Phi) is 7.43. The molecule has 0 spiro atoms. The van der Waals surface area contributed by atoms with Crippen LogP contribution in [0.4, 0.5) is 0 Å². The molecule has 17 heavy (non-hydrogen) atoms. The average Bonchev–Trinajstić information content (AvgIpc) is 2.35. The summed E-state index contributed by atoms with van der Waals surface area (Å²) in [7, 11) is 0. The van der Waals surface area contributed by atoms with Crippen molar-refractivity contribution < 1.29 is 9.47 Å². The molecule has 3 nitrogen and oxygen atoms in total. The molecule has 3 heteroatoms. The minimum Gasteiger partial charge on any atom is -0.494 e. The number of unbranched alkanes of at least 4 members (excludes halogenated alkanes) is 1. The van der Waals surface area contributed by atoms with Gasteiger partial charge in [0.25, 0.3) is 0 Å². The summed E-state index contributed by atoms with van der Waals surface area (Å²) in [5.41, 5.74) is 6.62. The van der Waals surface area contributed by atoms with E-state index in [1.54, 1.807) is 0 Å². The van der Waals surface area contributed by atoms with Gasteiger partial charge in [-0.05, 0) is 44.9 Å². The first-order valence-electron chi connectivity index (χ1n) is 6.30. The fraction of sp³-hybridized carbons (Fsp3) is 0.571. The Morgan fingerprint density at radius 3 is 2.29 bits per heavy atom. The molecule has 0 aliphatic rings. The van der Waals surface area contributed by atoms with E-state index in [0.29, 0.717) is 6.54 Å². The third-order valence-corrected chi connectivity index (χ3v) is 2.47. The number of nitrogens with two attached hydrogens (primary N) is 1. The fourth-order valence-corrected chi connectivity index (χ4v) is 1.42. The zero-order valence-corrected chi connectivity index (χ0v) is 10.7. The molecule has 0 saturated heterocycles. The van der Waals surface area contributed by atoms with Gasteiger partial charge in [-0.15, -0.1) is 0 Å². The highest BCUT2D eigenvalue weighted by molar-refractivity contribution is 5.26. The number of rotatable bonds is 9. The van der Waals surface area contributed by atoms with Crippen molar-refractivity contribution in [3.05, 3.63) is 29.8 Å². The van der Waals surface area contributed by atoms with Crippen molar-refractivity contribution in [2.75, 3.05) is 26.4 Å². The van der Waals surface area contributed by atoms with Crippen LogP contribution in [0.2, 0.25) is 0 Å². The summed E-state index contributed by atoms with van der Waals surface area (Å²) in [6.07, 6.45) is 3.01. The third-order valence-electron chi connectivity index (χ3n) is 2.47. The van der Waals surface area contributed by atoms with Crippen LogP contribution in [0.1, 0.15) is 24.8 Å². The van der Waals surface area contributed by atoms with Crippen LogP contribution in [-0.2, 0) is 4.74 Å². The summed E-state index contributed by atoms with van der Waals surface area (Å²) < 4.78 is 11.0. The third kappa shape index (κ3) is 6.97. The molecular weight excluding hydrogens is 214 g/mol. The van der Waals surface area contributed by atoms with E-state index in [9.17, 15) is 0 Å². The molecule has 0 radical (unpaired) electrons. The standard InChI is InChI=1S/C14H23NO2/c1-13-5-7-14(8-6-13)17-12-3-2-10-16-11-4-9-15/h5-8H,2-4,9-12,15H2,1H3. The van der Waals surface area contributed by atoms with Crippen LogP contribution in [0.15, 0.2) is 24.3 Å². The molecule has 1 aromatic rings. The Hall–Kier alpha value is -1.06. The molecule has 2 N–H and O–H groups in total. The lowest BCUT2D eigenvalue weighted by Gasteiger charge is -2.06. The second-order valence-electron chi connectivity index (χ2n) is 4.12. The summed E-state index contributed by atoms with van der Waals surface area (Å²) in [6.45, 7) is 5.11. The van der Waals surface area contributed by atoms with Crippen molar-refractivity contribution in [2.24, 2.45) is 5.73 Å². The van der Waals surface area contributed by atoms with Crippen molar-refractivity contribution >= 4 is 0 Å². The van der Waals surface area contributed by atoms with E-state index in [1.807, 2.05) is 12.1 Å². The van der Waals surface area contributed by atoms with Crippen molar-refractivity contribution in [1.29, 1.82) is 0 Å². The molecule has 0 aromatic heterocycles. The highest BCUT2D eigenvalue weighted by Crippen LogP contribution is 2.11. The van der Waals surface area contributed by atoms with E-state index in [0.717, 1.165) is 44.8 Å². The second kappa shape index (κ2) is 9.02. The van der Waals surface area contributed by atoms with Crippen molar-refractivity contribution in [3.63, 3.8) is 0 Å². The van der Waals surface area contributed by atoms with Crippen LogP contribution in [0.5, 0.6) is 5.75 Å². The van der Waals surface area contributed by atoms with Crippen LogP contribution in [0.3, 0.4) is 0 Å².